The zero-order valence-corrected chi connectivity index (χ0v) is 12.7. The highest BCUT2D eigenvalue weighted by Crippen LogP contribution is 2.26. The highest BCUT2D eigenvalue weighted by atomic mass is 14.7. The lowest BCUT2D eigenvalue weighted by molar-refractivity contribution is 0.473. The lowest BCUT2D eigenvalue weighted by Crippen LogP contribution is -2.09. The van der Waals surface area contributed by atoms with Crippen molar-refractivity contribution in [3.8, 4) is 0 Å². The molecule has 2 heteroatoms. The fourth-order valence-corrected chi connectivity index (χ4v) is 2.15. The van der Waals surface area contributed by atoms with Crippen LogP contribution in [0, 0.1) is 5.92 Å². The Balaban J connectivity index is 0.00000137. The largest absolute Gasteiger partial charge is 0.330 e. The molecule has 1 aromatic heterocycles. The molecule has 0 saturated heterocycles. The summed E-state index contributed by atoms with van der Waals surface area (Å²) < 4.78 is 0. The summed E-state index contributed by atoms with van der Waals surface area (Å²) in [6.07, 6.45) is 3.18. The van der Waals surface area contributed by atoms with Crippen LogP contribution in [0.1, 0.15) is 64.8 Å². The molecule has 0 amide bonds. The molecule has 104 valence electrons. The van der Waals surface area contributed by atoms with E-state index in [0.717, 1.165) is 25.8 Å². The Hall–Kier alpha value is -0.890. The summed E-state index contributed by atoms with van der Waals surface area (Å²) in [5.41, 5.74) is 7.95. The molecule has 1 unspecified atom stereocenters. The van der Waals surface area contributed by atoms with E-state index >= 15 is 0 Å². The van der Waals surface area contributed by atoms with E-state index in [1.54, 1.807) is 0 Å². The first kappa shape index (κ1) is 17.1. The Morgan fingerprint density at radius 2 is 1.89 bits per heavy atom. The number of pyridine rings is 1. The van der Waals surface area contributed by atoms with Crippen LogP contribution < -0.4 is 5.73 Å². The third-order valence-corrected chi connectivity index (χ3v) is 3.09. The fourth-order valence-electron chi connectivity index (χ4n) is 2.15. The maximum Gasteiger partial charge on any atom is 0.0440 e. The number of rotatable bonds is 6. The van der Waals surface area contributed by atoms with Crippen LogP contribution in [0.15, 0.2) is 18.2 Å². The van der Waals surface area contributed by atoms with Crippen LogP contribution in [0.3, 0.4) is 0 Å². The molecule has 0 radical (unpaired) electrons. The number of nitrogens with zero attached hydrogens (tertiary/aromatic N) is 1. The van der Waals surface area contributed by atoms with Gasteiger partial charge < -0.3 is 5.73 Å². The quantitative estimate of drug-likeness (QED) is 0.823. The highest BCUT2D eigenvalue weighted by Gasteiger charge is 2.14. The van der Waals surface area contributed by atoms with Gasteiger partial charge in [-0.25, -0.2) is 0 Å². The Morgan fingerprint density at radius 3 is 2.39 bits per heavy atom. The molecule has 18 heavy (non-hydrogen) atoms. The first-order valence-electron chi connectivity index (χ1n) is 7.35. The Kier molecular flexibility index (Phi) is 9.57. The second kappa shape index (κ2) is 10.1. The van der Waals surface area contributed by atoms with Crippen molar-refractivity contribution in [2.24, 2.45) is 11.7 Å². The minimum absolute atomic E-state index is 0.581. The van der Waals surface area contributed by atoms with Crippen molar-refractivity contribution in [3.63, 3.8) is 0 Å². The summed E-state index contributed by atoms with van der Waals surface area (Å²) in [6, 6.07) is 6.38. The first-order chi connectivity index (χ1) is 8.69. The van der Waals surface area contributed by atoms with Crippen LogP contribution in [-0.4, -0.2) is 11.5 Å². The van der Waals surface area contributed by atoms with Gasteiger partial charge in [0.15, 0.2) is 0 Å². The van der Waals surface area contributed by atoms with Gasteiger partial charge in [0.2, 0.25) is 0 Å². The van der Waals surface area contributed by atoms with Crippen molar-refractivity contribution in [1.29, 1.82) is 0 Å². The molecule has 0 aliphatic rings. The van der Waals surface area contributed by atoms with Gasteiger partial charge in [0.05, 0.1) is 0 Å². The lowest BCUT2D eigenvalue weighted by Gasteiger charge is -2.19. The molecule has 0 aliphatic carbocycles. The molecular weight excluding hydrogens is 220 g/mol. The Morgan fingerprint density at radius 1 is 1.22 bits per heavy atom. The van der Waals surface area contributed by atoms with Crippen LogP contribution in [-0.2, 0) is 6.42 Å². The van der Waals surface area contributed by atoms with Crippen molar-refractivity contribution in [2.75, 3.05) is 6.54 Å². The van der Waals surface area contributed by atoms with E-state index in [2.05, 4.69) is 39.0 Å². The molecule has 1 heterocycles. The van der Waals surface area contributed by atoms with E-state index in [0.29, 0.717) is 11.8 Å². The maximum atomic E-state index is 5.52. The van der Waals surface area contributed by atoms with Crippen molar-refractivity contribution in [2.45, 2.75) is 59.8 Å². The topological polar surface area (TPSA) is 38.9 Å². The Labute approximate surface area is 113 Å². The fraction of sp³-hybridized carbons (Fsp3) is 0.688. The monoisotopic (exact) mass is 250 g/mol. The maximum absolute atomic E-state index is 5.52. The van der Waals surface area contributed by atoms with Crippen molar-refractivity contribution >= 4 is 0 Å². The van der Waals surface area contributed by atoms with Gasteiger partial charge in [0.1, 0.15) is 0 Å². The predicted molar refractivity (Wildman–Crippen MR) is 80.8 cm³/mol. The third kappa shape index (κ3) is 5.63. The van der Waals surface area contributed by atoms with Crippen LogP contribution in [0.25, 0.3) is 0 Å². The van der Waals surface area contributed by atoms with E-state index in [9.17, 15) is 0 Å². The van der Waals surface area contributed by atoms with E-state index in [-0.39, 0.29) is 0 Å². The second-order valence-corrected chi connectivity index (χ2v) is 4.70. The van der Waals surface area contributed by atoms with Crippen molar-refractivity contribution in [3.05, 3.63) is 29.6 Å². The third-order valence-electron chi connectivity index (χ3n) is 3.09. The molecule has 2 N–H and O–H groups in total. The van der Waals surface area contributed by atoms with Crippen LogP contribution >= 0.6 is 0 Å². The minimum Gasteiger partial charge on any atom is -0.330 e. The summed E-state index contributed by atoms with van der Waals surface area (Å²) in [4.78, 5) is 4.75. The molecule has 2 nitrogen and oxygen atoms in total. The molecule has 1 aromatic rings. The molecule has 1 atom stereocenters. The predicted octanol–water partition coefficient (Wildman–Crippen LogP) is 4.15. The van der Waals surface area contributed by atoms with Gasteiger partial charge in [-0.2, -0.15) is 0 Å². The zero-order valence-electron chi connectivity index (χ0n) is 12.7. The number of hydrogen-bond donors (Lipinski definition) is 1. The SMILES string of the molecule is CC.CCC(c1cccc(CCCN)n1)C(C)C. The standard InChI is InChI=1S/C14H24N2.C2H6/c1-4-13(11(2)3)14-9-5-7-12(16-14)8-6-10-15;1-2/h5,7,9,11,13H,4,6,8,10,15H2,1-3H3;1-2H3. The van der Waals surface area contributed by atoms with Crippen LogP contribution in [0.2, 0.25) is 0 Å². The van der Waals surface area contributed by atoms with E-state index in [1.807, 2.05) is 13.8 Å². The van der Waals surface area contributed by atoms with Crippen molar-refractivity contribution < 1.29 is 0 Å². The van der Waals surface area contributed by atoms with Gasteiger partial charge in [0, 0.05) is 17.3 Å². The average molecular weight is 250 g/mol. The molecule has 0 saturated carbocycles. The van der Waals surface area contributed by atoms with E-state index in [1.165, 1.54) is 11.4 Å². The summed E-state index contributed by atoms with van der Waals surface area (Å²) in [7, 11) is 0. The smallest absolute Gasteiger partial charge is 0.0440 e. The lowest BCUT2D eigenvalue weighted by atomic mass is 9.89. The van der Waals surface area contributed by atoms with Gasteiger partial charge in [-0.1, -0.05) is 40.7 Å². The van der Waals surface area contributed by atoms with E-state index < -0.39 is 0 Å². The van der Waals surface area contributed by atoms with Gasteiger partial charge >= 0.3 is 0 Å². The van der Waals surface area contributed by atoms with Gasteiger partial charge in [-0.3, -0.25) is 4.98 Å². The zero-order chi connectivity index (χ0) is 14.0. The number of nitrogens with two attached hydrogens (primary N) is 1. The minimum atomic E-state index is 0.581. The average Bonchev–Trinajstić information content (AvgIpc) is 2.39. The Bertz CT molecular complexity index is 308. The molecule has 0 fully saturated rings. The molecular formula is C16H30N2. The normalized spacial score (nSPS) is 11.9. The molecule has 0 aliphatic heterocycles. The summed E-state index contributed by atoms with van der Waals surface area (Å²) in [6.45, 7) is 11.5. The van der Waals surface area contributed by atoms with Gasteiger partial charge in [0.25, 0.3) is 0 Å². The van der Waals surface area contributed by atoms with Gasteiger partial charge in [-0.05, 0) is 43.9 Å². The van der Waals surface area contributed by atoms with Crippen LogP contribution in [0.4, 0.5) is 0 Å². The molecule has 1 rings (SSSR count). The summed E-state index contributed by atoms with van der Waals surface area (Å²) >= 11 is 0. The molecule has 0 bridgehead atoms. The summed E-state index contributed by atoms with van der Waals surface area (Å²) in [5, 5.41) is 0. The highest BCUT2D eigenvalue weighted by molar-refractivity contribution is 5.15. The second-order valence-electron chi connectivity index (χ2n) is 4.70. The summed E-state index contributed by atoms with van der Waals surface area (Å²) in [5.74, 6) is 1.24. The van der Waals surface area contributed by atoms with E-state index in [4.69, 9.17) is 10.7 Å². The van der Waals surface area contributed by atoms with Crippen molar-refractivity contribution in [1.82, 2.24) is 4.98 Å². The number of aryl methyl sites for hydroxylation is 1. The molecule has 0 aromatic carbocycles. The van der Waals surface area contributed by atoms with Gasteiger partial charge in [-0.15, -0.1) is 0 Å². The number of hydrogen-bond acceptors (Lipinski definition) is 2. The van der Waals surface area contributed by atoms with Crippen LogP contribution in [0.5, 0.6) is 0 Å². The first-order valence-corrected chi connectivity index (χ1v) is 7.35. The molecule has 0 spiro atoms. The number of aromatic nitrogens is 1.